The summed E-state index contributed by atoms with van der Waals surface area (Å²) in [6, 6.07) is 11.4. The lowest BCUT2D eigenvalue weighted by Crippen LogP contribution is -2.39. The molecule has 3 aromatic rings. The van der Waals surface area contributed by atoms with Gasteiger partial charge in [0.05, 0.1) is 18.2 Å². The lowest BCUT2D eigenvalue weighted by molar-refractivity contribution is -0.130. The van der Waals surface area contributed by atoms with Crippen LogP contribution >= 0.6 is 12.4 Å². The molecule has 0 atom stereocenters. The minimum atomic E-state index is -0.0401. The fraction of sp³-hybridized carbons (Fsp3) is 0.333. The molecule has 2 N–H and O–H groups in total. The van der Waals surface area contributed by atoms with Crippen LogP contribution in [0.15, 0.2) is 34.9 Å². The Morgan fingerprint density at radius 3 is 2.82 bits per heavy atom. The molecule has 1 aliphatic rings. The molecule has 8 nitrogen and oxygen atoms in total. The number of hydrogen-bond donors (Lipinski definition) is 1. The number of nitrogens with zero attached hydrogens (tertiary/aromatic N) is 4. The lowest BCUT2D eigenvalue weighted by atomic mass is 9.91. The third-order valence-electron chi connectivity index (χ3n) is 5.59. The highest BCUT2D eigenvalue weighted by Gasteiger charge is 2.23. The highest BCUT2D eigenvalue weighted by Crippen LogP contribution is 2.32. The van der Waals surface area contributed by atoms with Gasteiger partial charge in [0, 0.05) is 24.2 Å². The van der Waals surface area contributed by atoms with Crippen LogP contribution < -0.4 is 10.5 Å². The van der Waals surface area contributed by atoms with Crippen molar-refractivity contribution in [1.29, 1.82) is 5.26 Å². The van der Waals surface area contributed by atoms with E-state index < -0.39 is 0 Å². The first kappa shape index (κ1) is 24.2. The maximum Gasteiger partial charge on any atom is 0.258 e. The zero-order valence-corrected chi connectivity index (χ0v) is 19.6. The van der Waals surface area contributed by atoms with Crippen molar-refractivity contribution in [2.75, 3.05) is 13.1 Å². The quantitative estimate of drug-likeness (QED) is 0.608. The SMILES string of the molecule is Cc1c(-c2noc(-c3ccc(OC(C)C)c(C#N)c3)n2)ccc2c1CCN(C(=O)CN)C2.Cl. The van der Waals surface area contributed by atoms with Gasteiger partial charge in [-0.05, 0) is 62.1 Å². The van der Waals surface area contributed by atoms with Gasteiger partial charge in [-0.1, -0.05) is 17.3 Å². The predicted molar refractivity (Wildman–Crippen MR) is 126 cm³/mol. The van der Waals surface area contributed by atoms with Crippen molar-refractivity contribution in [3.05, 3.63) is 52.6 Å². The molecular weight excluding hydrogens is 442 g/mol. The molecule has 9 heteroatoms. The second kappa shape index (κ2) is 10.0. The Kier molecular flexibility index (Phi) is 7.36. The number of fused-ring (bicyclic) bond motifs is 1. The number of hydrogen-bond acceptors (Lipinski definition) is 7. The van der Waals surface area contributed by atoms with E-state index in [0.717, 1.165) is 23.1 Å². The van der Waals surface area contributed by atoms with E-state index in [0.29, 0.717) is 41.7 Å². The first-order valence-corrected chi connectivity index (χ1v) is 10.6. The number of ether oxygens (including phenoxy) is 1. The second-order valence-electron chi connectivity index (χ2n) is 8.06. The van der Waals surface area contributed by atoms with E-state index in [1.807, 2.05) is 32.9 Å². The number of benzene rings is 2. The summed E-state index contributed by atoms with van der Waals surface area (Å²) >= 11 is 0. The molecule has 2 aromatic carbocycles. The first-order valence-electron chi connectivity index (χ1n) is 10.6. The molecule has 0 aliphatic carbocycles. The Hall–Kier alpha value is -3.41. The fourth-order valence-electron chi connectivity index (χ4n) is 3.98. The van der Waals surface area contributed by atoms with Crippen molar-refractivity contribution in [3.63, 3.8) is 0 Å². The van der Waals surface area contributed by atoms with Gasteiger partial charge in [0.2, 0.25) is 11.7 Å². The normalized spacial score (nSPS) is 12.7. The highest BCUT2D eigenvalue weighted by atomic mass is 35.5. The summed E-state index contributed by atoms with van der Waals surface area (Å²) in [7, 11) is 0. The summed E-state index contributed by atoms with van der Waals surface area (Å²) in [6.07, 6.45) is 0.726. The third kappa shape index (κ3) is 4.85. The molecule has 33 heavy (non-hydrogen) atoms. The molecule has 0 radical (unpaired) electrons. The predicted octanol–water partition coefficient (Wildman–Crippen LogP) is 3.64. The van der Waals surface area contributed by atoms with Gasteiger partial charge in [-0.15, -0.1) is 12.4 Å². The van der Waals surface area contributed by atoms with Gasteiger partial charge < -0.3 is 19.9 Å². The van der Waals surface area contributed by atoms with Gasteiger partial charge in [0.15, 0.2) is 0 Å². The molecule has 0 fully saturated rings. The van der Waals surface area contributed by atoms with Crippen molar-refractivity contribution < 1.29 is 14.1 Å². The van der Waals surface area contributed by atoms with E-state index >= 15 is 0 Å². The molecule has 2 heterocycles. The first-order chi connectivity index (χ1) is 15.4. The number of rotatable bonds is 5. The molecule has 1 amide bonds. The average Bonchev–Trinajstić information content (AvgIpc) is 3.28. The largest absolute Gasteiger partial charge is 0.490 e. The standard InChI is InChI=1S/C24H25N5O3.ClH/c1-14(2)31-21-7-5-16(10-18(21)11-25)24-27-23(28-32-24)20-6-4-17-13-29(22(30)12-26)9-8-19(17)15(20)3;/h4-7,10,14H,8-9,12-13,26H2,1-3H3;1H. The zero-order valence-electron chi connectivity index (χ0n) is 18.8. The number of halogens is 1. The Labute approximate surface area is 198 Å². The van der Waals surface area contributed by atoms with Gasteiger partial charge in [-0.2, -0.15) is 10.2 Å². The van der Waals surface area contributed by atoms with Crippen molar-refractivity contribution in [2.24, 2.45) is 5.73 Å². The maximum absolute atomic E-state index is 11.9. The van der Waals surface area contributed by atoms with Gasteiger partial charge in [0.1, 0.15) is 11.8 Å². The van der Waals surface area contributed by atoms with Gasteiger partial charge >= 0.3 is 0 Å². The minimum absolute atomic E-state index is 0. The van der Waals surface area contributed by atoms with E-state index in [1.165, 1.54) is 5.56 Å². The molecule has 0 saturated heterocycles. The summed E-state index contributed by atoms with van der Waals surface area (Å²) in [6.45, 7) is 7.09. The van der Waals surface area contributed by atoms with Crippen LogP contribution in [0.2, 0.25) is 0 Å². The number of nitriles is 1. The monoisotopic (exact) mass is 467 g/mol. The fourth-order valence-corrected chi connectivity index (χ4v) is 3.98. The summed E-state index contributed by atoms with van der Waals surface area (Å²) in [5.74, 6) is 1.31. The summed E-state index contributed by atoms with van der Waals surface area (Å²) in [5.41, 5.74) is 10.9. The van der Waals surface area contributed by atoms with Crippen molar-refractivity contribution in [3.8, 4) is 34.7 Å². The summed E-state index contributed by atoms with van der Waals surface area (Å²) in [4.78, 5) is 18.3. The molecule has 0 unspecified atom stereocenters. The van der Waals surface area contributed by atoms with Crippen LogP contribution in [-0.2, 0) is 17.8 Å². The Balaban J connectivity index is 0.00000306. The van der Waals surface area contributed by atoms with Crippen LogP contribution in [0.3, 0.4) is 0 Å². The third-order valence-corrected chi connectivity index (χ3v) is 5.59. The van der Waals surface area contributed by atoms with Crippen LogP contribution in [0, 0.1) is 18.3 Å². The molecule has 0 spiro atoms. The Morgan fingerprint density at radius 1 is 1.33 bits per heavy atom. The smallest absolute Gasteiger partial charge is 0.258 e. The van der Waals surface area contributed by atoms with Gasteiger partial charge in [-0.25, -0.2) is 0 Å². The number of aromatic nitrogens is 2. The molecule has 0 saturated carbocycles. The van der Waals surface area contributed by atoms with Gasteiger partial charge in [0.25, 0.3) is 5.89 Å². The van der Waals surface area contributed by atoms with Crippen LogP contribution in [0.25, 0.3) is 22.8 Å². The lowest BCUT2D eigenvalue weighted by Gasteiger charge is -2.30. The highest BCUT2D eigenvalue weighted by molar-refractivity contribution is 5.85. The van der Waals surface area contributed by atoms with E-state index in [9.17, 15) is 10.1 Å². The van der Waals surface area contributed by atoms with E-state index in [-0.39, 0.29) is 31.0 Å². The van der Waals surface area contributed by atoms with E-state index in [1.54, 1.807) is 23.1 Å². The topological polar surface area (TPSA) is 118 Å². The van der Waals surface area contributed by atoms with Crippen molar-refractivity contribution in [2.45, 2.75) is 39.8 Å². The number of carbonyl (C=O) groups is 1. The van der Waals surface area contributed by atoms with E-state index in [2.05, 4.69) is 16.2 Å². The Bertz CT molecular complexity index is 1220. The maximum atomic E-state index is 11.9. The van der Waals surface area contributed by atoms with Crippen LogP contribution in [0.4, 0.5) is 0 Å². The molecule has 1 aliphatic heterocycles. The molecule has 0 bridgehead atoms. The van der Waals surface area contributed by atoms with Crippen molar-refractivity contribution in [1.82, 2.24) is 15.0 Å². The summed E-state index contributed by atoms with van der Waals surface area (Å²) in [5, 5.41) is 13.6. The van der Waals surface area contributed by atoms with Gasteiger partial charge in [-0.3, -0.25) is 4.79 Å². The second-order valence-corrected chi connectivity index (χ2v) is 8.06. The number of carbonyl (C=O) groups excluding carboxylic acids is 1. The van der Waals surface area contributed by atoms with E-state index in [4.69, 9.17) is 15.0 Å². The van der Waals surface area contributed by atoms with Crippen LogP contribution in [-0.4, -0.2) is 40.1 Å². The number of amides is 1. The molecular formula is C24H26ClN5O3. The average molecular weight is 468 g/mol. The Morgan fingerprint density at radius 2 is 2.12 bits per heavy atom. The number of nitrogens with two attached hydrogens (primary N) is 1. The summed E-state index contributed by atoms with van der Waals surface area (Å²) < 4.78 is 11.2. The zero-order chi connectivity index (χ0) is 22.8. The van der Waals surface area contributed by atoms with Crippen molar-refractivity contribution >= 4 is 18.3 Å². The minimum Gasteiger partial charge on any atom is -0.490 e. The molecule has 172 valence electrons. The molecule has 4 rings (SSSR count). The molecule has 1 aromatic heterocycles. The van der Waals surface area contributed by atoms with Crippen LogP contribution in [0.5, 0.6) is 5.75 Å². The van der Waals surface area contributed by atoms with Crippen LogP contribution in [0.1, 0.15) is 36.1 Å².